The highest BCUT2D eigenvalue weighted by Crippen LogP contribution is 2.51. The maximum Gasteiger partial charge on any atom is 0.135 e. The third-order valence-electron chi connectivity index (χ3n) is 9.19. The third kappa shape index (κ3) is 3.08. The van der Waals surface area contributed by atoms with E-state index in [9.17, 15) is 0 Å². The van der Waals surface area contributed by atoms with Crippen molar-refractivity contribution in [2.45, 2.75) is 19.3 Å². The molecular formula is C39H27NO. The molecule has 0 N–H and O–H groups in total. The van der Waals surface area contributed by atoms with Crippen LogP contribution in [-0.2, 0) is 5.41 Å². The van der Waals surface area contributed by atoms with Gasteiger partial charge in [-0.25, -0.2) is 0 Å². The van der Waals surface area contributed by atoms with E-state index in [4.69, 9.17) is 4.42 Å². The fraction of sp³-hybridized carbons (Fsp3) is 0.0769. The number of hydrogen-bond donors (Lipinski definition) is 0. The predicted molar refractivity (Wildman–Crippen MR) is 171 cm³/mol. The molecule has 0 atom stereocenters. The van der Waals surface area contributed by atoms with Crippen LogP contribution in [0.25, 0.3) is 71.7 Å². The first-order chi connectivity index (χ1) is 20.1. The normalized spacial score (nSPS) is 13.8. The highest BCUT2D eigenvalue weighted by atomic mass is 16.3. The lowest BCUT2D eigenvalue weighted by Gasteiger charge is -2.21. The monoisotopic (exact) mass is 525 g/mol. The molecule has 0 unspecified atom stereocenters. The molecule has 0 amide bonds. The summed E-state index contributed by atoms with van der Waals surface area (Å²) in [6.45, 7) is 4.70. The average Bonchev–Trinajstić information content (AvgIpc) is 3.62. The van der Waals surface area contributed by atoms with Crippen LogP contribution in [0.3, 0.4) is 0 Å². The smallest absolute Gasteiger partial charge is 0.135 e. The first-order valence-corrected chi connectivity index (χ1v) is 14.3. The summed E-state index contributed by atoms with van der Waals surface area (Å²) in [5.74, 6) is 0. The molecule has 0 radical (unpaired) electrons. The molecule has 0 aliphatic heterocycles. The van der Waals surface area contributed by atoms with Crippen molar-refractivity contribution in [1.29, 1.82) is 0 Å². The summed E-state index contributed by atoms with van der Waals surface area (Å²) in [6, 6.07) is 46.2. The highest BCUT2D eigenvalue weighted by molar-refractivity contribution is 6.12. The van der Waals surface area contributed by atoms with E-state index in [1.165, 1.54) is 55.2 Å². The number of hydrogen-bond acceptors (Lipinski definition) is 1. The van der Waals surface area contributed by atoms with E-state index >= 15 is 0 Å². The van der Waals surface area contributed by atoms with Crippen LogP contribution >= 0.6 is 0 Å². The van der Waals surface area contributed by atoms with Gasteiger partial charge in [-0.15, -0.1) is 0 Å². The Morgan fingerprint density at radius 1 is 0.488 bits per heavy atom. The van der Waals surface area contributed by atoms with E-state index < -0.39 is 0 Å². The standard InChI is InChI=1S/C39H27NO/c1-39(2)33-14-8-6-12-27(33)29-22-30-28-13-7-9-15-35(28)40(36(30)23-34(29)39)26-17-19-38-32(21-26)31-20-25(16-18-37(31)41-38)24-10-4-3-5-11-24/h3-23H,1-2H3. The summed E-state index contributed by atoms with van der Waals surface area (Å²) < 4.78 is 8.74. The fourth-order valence-corrected chi connectivity index (χ4v) is 7.16. The average molecular weight is 526 g/mol. The number of nitrogens with zero attached hydrogens (tertiary/aromatic N) is 1. The molecule has 194 valence electrons. The van der Waals surface area contributed by atoms with Crippen LogP contribution in [0.2, 0.25) is 0 Å². The molecule has 2 heterocycles. The Hall–Kier alpha value is -5.08. The molecule has 9 rings (SSSR count). The van der Waals surface area contributed by atoms with Crippen molar-refractivity contribution in [3.8, 4) is 27.9 Å². The lowest BCUT2D eigenvalue weighted by molar-refractivity contribution is 0.661. The van der Waals surface area contributed by atoms with Crippen molar-refractivity contribution in [2.75, 3.05) is 0 Å². The zero-order valence-electron chi connectivity index (χ0n) is 23.0. The van der Waals surface area contributed by atoms with Gasteiger partial charge in [0, 0.05) is 32.6 Å². The van der Waals surface area contributed by atoms with Crippen molar-refractivity contribution in [2.24, 2.45) is 0 Å². The van der Waals surface area contributed by atoms with Crippen LogP contribution in [0, 0.1) is 0 Å². The zero-order chi connectivity index (χ0) is 27.3. The number of para-hydroxylation sites is 1. The summed E-state index contributed by atoms with van der Waals surface area (Å²) >= 11 is 0. The van der Waals surface area contributed by atoms with Gasteiger partial charge in [0.25, 0.3) is 0 Å². The molecule has 41 heavy (non-hydrogen) atoms. The first kappa shape index (κ1) is 22.7. The predicted octanol–water partition coefficient (Wildman–Crippen LogP) is 10.7. The van der Waals surface area contributed by atoms with Crippen LogP contribution < -0.4 is 0 Å². The minimum absolute atomic E-state index is 0.0556. The SMILES string of the molecule is CC1(C)c2ccccc2-c2cc3c4ccccc4n(-c4ccc5oc6ccc(-c7ccccc7)cc6c5c4)c3cc21. The fourth-order valence-electron chi connectivity index (χ4n) is 7.16. The molecule has 0 fully saturated rings. The van der Waals surface area contributed by atoms with E-state index in [0.29, 0.717) is 0 Å². The number of benzene rings is 6. The second-order valence-corrected chi connectivity index (χ2v) is 11.8. The van der Waals surface area contributed by atoms with Crippen LogP contribution in [0.4, 0.5) is 0 Å². The Morgan fingerprint density at radius 3 is 2.10 bits per heavy atom. The van der Waals surface area contributed by atoms with Gasteiger partial charge in [0.05, 0.1) is 11.0 Å². The second-order valence-electron chi connectivity index (χ2n) is 11.8. The molecule has 6 aromatic carbocycles. The van der Waals surface area contributed by atoms with Crippen LogP contribution in [0.15, 0.2) is 132 Å². The zero-order valence-corrected chi connectivity index (χ0v) is 23.0. The number of furan rings is 1. The molecule has 0 bridgehead atoms. The third-order valence-corrected chi connectivity index (χ3v) is 9.19. The maximum atomic E-state index is 6.30. The molecule has 8 aromatic rings. The molecule has 0 spiro atoms. The van der Waals surface area contributed by atoms with Crippen molar-refractivity contribution < 1.29 is 4.42 Å². The van der Waals surface area contributed by atoms with Crippen LogP contribution in [0.1, 0.15) is 25.0 Å². The number of aromatic nitrogens is 1. The van der Waals surface area contributed by atoms with E-state index in [0.717, 1.165) is 27.6 Å². The van der Waals surface area contributed by atoms with Crippen LogP contribution in [-0.4, -0.2) is 4.57 Å². The van der Waals surface area contributed by atoms with Gasteiger partial charge in [-0.3, -0.25) is 0 Å². The molecule has 0 saturated carbocycles. The van der Waals surface area contributed by atoms with E-state index in [1.807, 2.05) is 0 Å². The Balaban J connectivity index is 1.32. The minimum Gasteiger partial charge on any atom is -0.456 e. The molecule has 2 aromatic heterocycles. The van der Waals surface area contributed by atoms with E-state index in [-0.39, 0.29) is 5.41 Å². The summed E-state index contributed by atoms with van der Waals surface area (Å²) in [5.41, 5.74) is 13.3. The summed E-state index contributed by atoms with van der Waals surface area (Å²) in [6.07, 6.45) is 0. The Labute approximate surface area is 238 Å². The lowest BCUT2D eigenvalue weighted by atomic mass is 9.82. The van der Waals surface area contributed by atoms with Crippen molar-refractivity contribution in [3.05, 3.63) is 139 Å². The molecule has 1 aliphatic carbocycles. The molecule has 0 saturated heterocycles. The van der Waals surface area contributed by atoms with Crippen LogP contribution in [0.5, 0.6) is 0 Å². The van der Waals surface area contributed by atoms with Gasteiger partial charge in [0.1, 0.15) is 11.2 Å². The van der Waals surface area contributed by atoms with E-state index in [1.54, 1.807) is 0 Å². The van der Waals surface area contributed by atoms with Gasteiger partial charge >= 0.3 is 0 Å². The summed E-state index contributed by atoms with van der Waals surface area (Å²) in [7, 11) is 0. The number of rotatable bonds is 2. The number of fused-ring (bicyclic) bond motifs is 9. The van der Waals surface area contributed by atoms with Crippen molar-refractivity contribution in [1.82, 2.24) is 4.57 Å². The molecular weight excluding hydrogens is 498 g/mol. The maximum absolute atomic E-state index is 6.30. The molecule has 2 heteroatoms. The van der Waals surface area contributed by atoms with Gasteiger partial charge < -0.3 is 8.98 Å². The van der Waals surface area contributed by atoms with E-state index in [2.05, 4.69) is 146 Å². The Bertz CT molecular complexity index is 2330. The second kappa shape index (κ2) is 7.99. The minimum atomic E-state index is -0.0556. The summed E-state index contributed by atoms with van der Waals surface area (Å²) in [4.78, 5) is 0. The van der Waals surface area contributed by atoms with Gasteiger partial charge in [0.15, 0.2) is 0 Å². The molecule has 2 nitrogen and oxygen atoms in total. The highest BCUT2D eigenvalue weighted by Gasteiger charge is 2.36. The van der Waals surface area contributed by atoms with Crippen molar-refractivity contribution >= 4 is 43.7 Å². The quantitative estimate of drug-likeness (QED) is 0.219. The largest absolute Gasteiger partial charge is 0.456 e. The van der Waals surface area contributed by atoms with Gasteiger partial charge in [-0.05, 0) is 81.9 Å². The Morgan fingerprint density at radius 2 is 1.22 bits per heavy atom. The van der Waals surface area contributed by atoms with Gasteiger partial charge in [-0.1, -0.05) is 92.7 Å². The van der Waals surface area contributed by atoms with Gasteiger partial charge in [-0.2, -0.15) is 0 Å². The van der Waals surface area contributed by atoms with Gasteiger partial charge in [0.2, 0.25) is 0 Å². The summed E-state index contributed by atoms with van der Waals surface area (Å²) in [5, 5.41) is 4.84. The lowest BCUT2D eigenvalue weighted by Crippen LogP contribution is -2.14. The Kier molecular flexibility index (Phi) is 4.42. The molecule has 1 aliphatic rings. The first-order valence-electron chi connectivity index (χ1n) is 14.3. The topological polar surface area (TPSA) is 18.1 Å². The van der Waals surface area contributed by atoms with Crippen molar-refractivity contribution in [3.63, 3.8) is 0 Å².